The molecule has 6 nitrogen and oxygen atoms in total. The molecule has 2 aromatic carbocycles. The van der Waals surface area contributed by atoms with Crippen LogP contribution in [0.15, 0.2) is 35.2 Å². The number of rotatable bonds is 6. The van der Waals surface area contributed by atoms with Gasteiger partial charge in [-0.05, 0) is 50.1 Å². The number of carbonyl (C=O) groups is 1. The van der Waals surface area contributed by atoms with Gasteiger partial charge in [-0.15, -0.1) is 0 Å². The zero-order chi connectivity index (χ0) is 22.8. The molecule has 1 N–H and O–H groups in total. The molecule has 1 fully saturated rings. The van der Waals surface area contributed by atoms with Gasteiger partial charge in [0.1, 0.15) is 10.6 Å². The molecule has 0 aromatic heterocycles. The van der Waals surface area contributed by atoms with E-state index in [1.165, 1.54) is 22.5 Å². The minimum atomic E-state index is -3.92. The zero-order valence-corrected chi connectivity index (χ0v) is 18.1. The quantitative estimate of drug-likeness (QED) is 0.634. The van der Waals surface area contributed by atoms with Crippen LogP contribution in [-0.2, 0) is 14.8 Å². The maximum absolute atomic E-state index is 13.8. The number of hydrogen-bond acceptors (Lipinski definition) is 4. The molecule has 1 aliphatic heterocycles. The Morgan fingerprint density at radius 3 is 2.48 bits per heavy atom. The van der Waals surface area contributed by atoms with E-state index >= 15 is 0 Å². The molecule has 0 aliphatic carbocycles. The molecule has 0 bridgehead atoms. The Balaban J connectivity index is 1.70. The predicted octanol–water partition coefficient (Wildman–Crippen LogP) is 4.20. The minimum absolute atomic E-state index is 0.0404. The SMILES string of the molecule is CCOc1ccc(Cl)cc1S(=O)(=O)N1CCC(C(=O)Nc2ccc(F)c(F)c2F)CC1. The van der Waals surface area contributed by atoms with Crippen molar-refractivity contribution in [3.8, 4) is 5.75 Å². The highest BCUT2D eigenvalue weighted by atomic mass is 35.5. The van der Waals surface area contributed by atoms with Gasteiger partial charge in [-0.1, -0.05) is 11.6 Å². The van der Waals surface area contributed by atoms with E-state index < -0.39 is 45.0 Å². The van der Waals surface area contributed by atoms with Gasteiger partial charge in [-0.2, -0.15) is 4.31 Å². The van der Waals surface area contributed by atoms with Crippen LogP contribution >= 0.6 is 11.6 Å². The molecule has 0 unspecified atom stereocenters. The first-order valence-electron chi connectivity index (χ1n) is 9.52. The fraction of sp³-hybridized carbons (Fsp3) is 0.350. The highest BCUT2D eigenvalue weighted by Crippen LogP contribution is 2.32. The molecule has 168 valence electrons. The minimum Gasteiger partial charge on any atom is -0.492 e. The number of halogens is 4. The van der Waals surface area contributed by atoms with E-state index in [4.69, 9.17) is 16.3 Å². The lowest BCUT2D eigenvalue weighted by molar-refractivity contribution is -0.120. The molecule has 0 saturated carbocycles. The Kier molecular flexibility index (Phi) is 7.13. The molecule has 1 saturated heterocycles. The highest BCUT2D eigenvalue weighted by Gasteiger charge is 2.34. The average molecular weight is 477 g/mol. The Morgan fingerprint density at radius 1 is 1.16 bits per heavy atom. The molecule has 3 rings (SSSR count). The summed E-state index contributed by atoms with van der Waals surface area (Å²) in [5.74, 6) is -5.56. The zero-order valence-electron chi connectivity index (χ0n) is 16.5. The van der Waals surface area contributed by atoms with Gasteiger partial charge in [0.25, 0.3) is 0 Å². The van der Waals surface area contributed by atoms with Crippen LogP contribution in [0, 0.1) is 23.4 Å². The van der Waals surface area contributed by atoms with Crippen LogP contribution in [0.3, 0.4) is 0 Å². The third-order valence-electron chi connectivity index (χ3n) is 4.94. The molecule has 0 atom stereocenters. The fourth-order valence-electron chi connectivity index (χ4n) is 3.31. The third-order valence-corrected chi connectivity index (χ3v) is 7.10. The molecule has 0 spiro atoms. The number of sulfonamides is 1. The number of ether oxygens (including phenoxy) is 1. The Bertz CT molecular complexity index is 1090. The van der Waals surface area contributed by atoms with Crippen LogP contribution in [0.25, 0.3) is 0 Å². The van der Waals surface area contributed by atoms with Crippen LogP contribution in [-0.4, -0.2) is 38.3 Å². The van der Waals surface area contributed by atoms with Crippen molar-refractivity contribution in [1.82, 2.24) is 4.31 Å². The predicted molar refractivity (Wildman–Crippen MR) is 109 cm³/mol. The van der Waals surface area contributed by atoms with Crippen molar-refractivity contribution in [2.45, 2.75) is 24.7 Å². The van der Waals surface area contributed by atoms with E-state index in [1.807, 2.05) is 0 Å². The van der Waals surface area contributed by atoms with Crippen molar-refractivity contribution >= 4 is 33.2 Å². The number of carbonyl (C=O) groups excluding carboxylic acids is 1. The lowest BCUT2D eigenvalue weighted by Crippen LogP contribution is -2.41. The average Bonchev–Trinajstić information content (AvgIpc) is 2.75. The molecule has 31 heavy (non-hydrogen) atoms. The number of nitrogens with zero attached hydrogens (tertiary/aromatic N) is 1. The van der Waals surface area contributed by atoms with Gasteiger partial charge in [0, 0.05) is 24.0 Å². The number of nitrogens with one attached hydrogen (secondary N) is 1. The van der Waals surface area contributed by atoms with Gasteiger partial charge in [0.05, 0.1) is 12.3 Å². The third kappa shape index (κ3) is 4.97. The monoisotopic (exact) mass is 476 g/mol. The Hall–Kier alpha value is -2.30. The van der Waals surface area contributed by atoms with Crippen molar-refractivity contribution in [1.29, 1.82) is 0 Å². The second-order valence-corrected chi connectivity index (χ2v) is 9.26. The van der Waals surface area contributed by atoms with Crippen LogP contribution in [0.2, 0.25) is 5.02 Å². The van der Waals surface area contributed by atoms with Crippen molar-refractivity contribution in [3.63, 3.8) is 0 Å². The van der Waals surface area contributed by atoms with Crippen LogP contribution in [0.4, 0.5) is 18.9 Å². The number of hydrogen-bond donors (Lipinski definition) is 1. The summed E-state index contributed by atoms with van der Waals surface area (Å²) in [5.41, 5.74) is -0.473. The second-order valence-electron chi connectivity index (χ2n) is 6.91. The summed E-state index contributed by atoms with van der Waals surface area (Å²) in [7, 11) is -3.92. The normalized spacial score (nSPS) is 15.6. The van der Waals surface area contributed by atoms with Gasteiger partial charge in [0.15, 0.2) is 17.5 Å². The summed E-state index contributed by atoms with van der Waals surface area (Å²) >= 11 is 5.97. The maximum atomic E-state index is 13.8. The van der Waals surface area contributed by atoms with E-state index in [1.54, 1.807) is 6.92 Å². The van der Waals surface area contributed by atoms with Gasteiger partial charge in [0.2, 0.25) is 15.9 Å². The smallest absolute Gasteiger partial charge is 0.246 e. The summed E-state index contributed by atoms with van der Waals surface area (Å²) in [5, 5.41) is 2.48. The van der Waals surface area contributed by atoms with Gasteiger partial charge in [-0.3, -0.25) is 4.79 Å². The van der Waals surface area contributed by atoms with Crippen LogP contribution < -0.4 is 10.1 Å². The van der Waals surface area contributed by atoms with E-state index in [0.717, 1.165) is 6.07 Å². The molecule has 0 radical (unpaired) electrons. The first kappa shape index (κ1) is 23.4. The first-order chi connectivity index (χ1) is 14.6. The van der Waals surface area contributed by atoms with Gasteiger partial charge >= 0.3 is 0 Å². The standard InChI is InChI=1S/C20H20ClF3N2O4S/c1-2-30-16-6-3-13(21)11-17(16)31(28,29)26-9-7-12(8-10-26)20(27)25-15-5-4-14(22)18(23)19(15)24/h3-6,11-12H,2,7-10H2,1H3,(H,25,27). The summed E-state index contributed by atoms with van der Waals surface area (Å²) in [6, 6.07) is 5.96. The van der Waals surface area contributed by atoms with Crippen molar-refractivity contribution in [2.24, 2.45) is 5.92 Å². The Labute approximate surface area is 183 Å². The van der Waals surface area contributed by atoms with Crippen LogP contribution in [0.1, 0.15) is 19.8 Å². The van der Waals surface area contributed by atoms with Crippen molar-refractivity contribution < 1.29 is 31.1 Å². The number of benzene rings is 2. The molecule has 11 heteroatoms. The van der Waals surface area contributed by atoms with Crippen LogP contribution in [0.5, 0.6) is 5.75 Å². The van der Waals surface area contributed by atoms with E-state index in [2.05, 4.69) is 5.32 Å². The van der Waals surface area contributed by atoms with E-state index in [9.17, 15) is 26.4 Å². The molecular weight excluding hydrogens is 457 g/mol. The summed E-state index contributed by atoms with van der Waals surface area (Å²) in [6.45, 7) is 2.08. The fourth-order valence-corrected chi connectivity index (χ4v) is 5.18. The maximum Gasteiger partial charge on any atom is 0.246 e. The summed E-state index contributed by atoms with van der Waals surface area (Å²) in [6.07, 6.45) is 0.335. The number of amides is 1. The number of anilines is 1. The van der Waals surface area contributed by atoms with Gasteiger partial charge in [-0.25, -0.2) is 21.6 Å². The topological polar surface area (TPSA) is 75.7 Å². The molecular formula is C20H20ClF3N2O4S. The van der Waals surface area contributed by atoms with E-state index in [0.29, 0.717) is 6.07 Å². The van der Waals surface area contributed by atoms with E-state index in [-0.39, 0.29) is 48.2 Å². The number of piperidine rings is 1. The molecule has 1 amide bonds. The molecule has 2 aromatic rings. The summed E-state index contributed by atoms with van der Waals surface area (Å²) in [4.78, 5) is 12.4. The largest absolute Gasteiger partial charge is 0.492 e. The Morgan fingerprint density at radius 2 is 1.84 bits per heavy atom. The molecule has 1 aliphatic rings. The van der Waals surface area contributed by atoms with Gasteiger partial charge < -0.3 is 10.1 Å². The summed E-state index contributed by atoms with van der Waals surface area (Å²) < 4.78 is 73.0. The van der Waals surface area contributed by atoms with Crippen molar-refractivity contribution in [2.75, 3.05) is 25.0 Å². The van der Waals surface area contributed by atoms with Crippen molar-refractivity contribution in [3.05, 3.63) is 52.8 Å². The lowest BCUT2D eigenvalue weighted by atomic mass is 9.97. The molecule has 1 heterocycles. The second kappa shape index (κ2) is 9.46. The first-order valence-corrected chi connectivity index (χ1v) is 11.3. The highest BCUT2D eigenvalue weighted by molar-refractivity contribution is 7.89. The lowest BCUT2D eigenvalue weighted by Gasteiger charge is -2.31.